The molecule has 1 aliphatic heterocycles. The van der Waals surface area contributed by atoms with Gasteiger partial charge < -0.3 is 16.0 Å². The summed E-state index contributed by atoms with van der Waals surface area (Å²) in [5, 5.41) is 3.13. The minimum atomic E-state index is -0.229. The van der Waals surface area contributed by atoms with E-state index in [1.807, 2.05) is 30.1 Å². The van der Waals surface area contributed by atoms with Crippen molar-refractivity contribution in [3.63, 3.8) is 0 Å². The highest BCUT2D eigenvalue weighted by atomic mass is 16.2. The molecule has 1 amide bonds. The van der Waals surface area contributed by atoms with Gasteiger partial charge in [-0.2, -0.15) is 0 Å². The molecule has 0 saturated carbocycles. The Morgan fingerprint density at radius 1 is 1.47 bits per heavy atom. The minimum absolute atomic E-state index is 0.144. The average molecular weight is 233 g/mol. The van der Waals surface area contributed by atoms with Gasteiger partial charge in [-0.25, -0.2) is 0 Å². The van der Waals surface area contributed by atoms with Gasteiger partial charge in [-0.05, 0) is 44.7 Å². The molecule has 0 spiro atoms. The first-order valence-electron chi connectivity index (χ1n) is 5.82. The largest absolute Gasteiger partial charge is 0.399 e. The van der Waals surface area contributed by atoms with Crippen LogP contribution in [-0.4, -0.2) is 25.0 Å². The first-order chi connectivity index (χ1) is 7.95. The molecule has 0 bridgehead atoms. The number of benzene rings is 1. The smallest absolute Gasteiger partial charge is 0.232 e. The number of hydrogen-bond donors (Lipinski definition) is 2. The summed E-state index contributed by atoms with van der Waals surface area (Å²) >= 11 is 0. The number of nitrogen functional groups attached to an aromatic ring is 1. The number of likely N-dealkylation sites (N-methyl/N-ethyl adjacent to an activating group) is 1. The Balaban J connectivity index is 2.41. The molecular weight excluding hydrogens is 214 g/mol. The molecule has 1 aliphatic rings. The number of nitrogens with zero attached hydrogens (tertiary/aromatic N) is 1. The number of nitrogens with two attached hydrogens (primary N) is 1. The van der Waals surface area contributed by atoms with Crippen molar-refractivity contribution in [1.29, 1.82) is 0 Å². The summed E-state index contributed by atoms with van der Waals surface area (Å²) < 4.78 is 0. The lowest BCUT2D eigenvalue weighted by atomic mass is 10.0. The lowest BCUT2D eigenvalue weighted by Gasteiger charge is -2.36. The summed E-state index contributed by atoms with van der Waals surface area (Å²) in [6.07, 6.45) is 0.452. The van der Waals surface area contributed by atoms with Crippen LogP contribution >= 0.6 is 0 Å². The fraction of sp³-hybridized carbons (Fsp3) is 0.462. The zero-order valence-electron chi connectivity index (χ0n) is 10.6. The second-order valence-corrected chi connectivity index (χ2v) is 5.14. The summed E-state index contributed by atoms with van der Waals surface area (Å²) in [7, 11) is 1.90. The molecule has 0 aromatic heterocycles. The number of amides is 1. The summed E-state index contributed by atoms with van der Waals surface area (Å²) in [5.41, 5.74) is 8.25. The first-order valence-corrected chi connectivity index (χ1v) is 5.82. The van der Waals surface area contributed by atoms with Gasteiger partial charge in [-0.1, -0.05) is 0 Å². The van der Waals surface area contributed by atoms with E-state index in [-0.39, 0.29) is 11.4 Å². The Hall–Kier alpha value is -1.55. The van der Waals surface area contributed by atoms with Gasteiger partial charge in [0, 0.05) is 17.9 Å². The van der Waals surface area contributed by atoms with E-state index in [1.54, 1.807) is 0 Å². The number of carbonyl (C=O) groups is 1. The molecule has 0 unspecified atom stereocenters. The van der Waals surface area contributed by atoms with Crippen molar-refractivity contribution in [1.82, 2.24) is 5.32 Å². The van der Waals surface area contributed by atoms with Gasteiger partial charge in [0.15, 0.2) is 0 Å². The maximum atomic E-state index is 12.1. The molecule has 1 heterocycles. The molecule has 17 heavy (non-hydrogen) atoms. The van der Waals surface area contributed by atoms with E-state index in [1.165, 1.54) is 0 Å². The van der Waals surface area contributed by atoms with E-state index in [4.69, 9.17) is 5.73 Å². The van der Waals surface area contributed by atoms with E-state index in [0.29, 0.717) is 12.1 Å². The fourth-order valence-electron chi connectivity index (χ4n) is 2.52. The fourth-order valence-corrected chi connectivity index (χ4v) is 2.52. The number of rotatable bonds is 3. The van der Waals surface area contributed by atoms with Crippen LogP contribution in [0.25, 0.3) is 0 Å². The molecule has 0 fully saturated rings. The van der Waals surface area contributed by atoms with Gasteiger partial charge in [0.1, 0.15) is 0 Å². The molecule has 4 nitrogen and oxygen atoms in total. The van der Waals surface area contributed by atoms with E-state index in [2.05, 4.69) is 19.2 Å². The van der Waals surface area contributed by atoms with Crippen LogP contribution in [0.4, 0.5) is 11.4 Å². The van der Waals surface area contributed by atoms with E-state index in [0.717, 1.165) is 17.8 Å². The molecule has 0 saturated heterocycles. The third kappa shape index (κ3) is 2.00. The monoisotopic (exact) mass is 233 g/mol. The van der Waals surface area contributed by atoms with Crippen molar-refractivity contribution in [2.75, 3.05) is 24.2 Å². The molecule has 1 aromatic rings. The van der Waals surface area contributed by atoms with Crippen molar-refractivity contribution in [3.8, 4) is 0 Å². The van der Waals surface area contributed by atoms with Crippen LogP contribution < -0.4 is 16.0 Å². The van der Waals surface area contributed by atoms with Gasteiger partial charge in [0.2, 0.25) is 5.91 Å². The maximum Gasteiger partial charge on any atom is 0.232 e. The maximum absolute atomic E-state index is 12.1. The average Bonchev–Trinajstić information content (AvgIpc) is 2.53. The standard InChI is InChI=1S/C13H19N3O/c1-13(2,8-15-3)16-11-5-4-10(14)6-9(11)7-12(16)17/h4-6,15H,7-8,14H2,1-3H3. The highest BCUT2D eigenvalue weighted by Crippen LogP contribution is 2.35. The predicted octanol–water partition coefficient (Wildman–Crippen LogP) is 1.16. The van der Waals surface area contributed by atoms with Crippen LogP contribution in [0, 0.1) is 0 Å². The van der Waals surface area contributed by atoms with Gasteiger partial charge >= 0.3 is 0 Å². The summed E-state index contributed by atoms with van der Waals surface area (Å²) in [6, 6.07) is 5.68. The highest BCUT2D eigenvalue weighted by Gasteiger charge is 2.37. The molecule has 1 aromatic carbocycles. The Kier molecular flexibility index (Phi) is 2.83. The molecule has 92 valence electrons. The highest BCUT2D eigenvalue weighted by molar-refractivity contribution is 6.02. The molecule has 0 aliphatic carbocycles. The number of anilines is 2. The second-order valence-electron chi connectivity index (χ2n) is 5.14. The Morgan fingerprint density at radius 2 is 2.18 bits per heavy atom. The Morgan fingerprint density at radius 3 is 2.82 bits per heavy atom. The quantitative estimate of drug-likeness (QED) is 0.770. The Labute approximate surface area is 102 Å². The van der Waals surface area contributed by atoms with Gasteiger partial charge in [0.05, 0.1) is 12.0 Å². The van der Waals surface area contributed by atoms with Crippen LogP contribution in [-0.2, 0) is 11.2 Å². The van der Waals surface area contributed by atoms with Gasteiger partial charge in [-0.15, -0.1) is 0 Å². The molecule has 4 heteroatoms. The number of nitrogens with one attached hydrogen (secondary N) is 1. The number of hydrogen-bond acceptors (Lipinski definition) is 3. The SMILES string of the molecule is CNCC(C)(C)N1C(=O)Cc2cc(N)ccc21. The van der Waals surface area contributed by atoms with Crippen molar-refractivity contribution in [3.05, 3.63) is 23.8 Å². The second kappa shape index (κ2) is 4.04. The van der Waals surface area contributed by atoms with E-state index in [9.17, 15) is 4.79 Å². The topological polar surface area (TPSA) is 58.4 Å². The zero-order chi connectivity index (χ0) is 12.6. The molecule has 0 atom stereocenters. The third-order valence-corrected chi connectivity index (χ3v) is 3.15. The van der Waals surface area contributed by atoms with Gasteiger partial charge in [0.25, 0.3) is 0 Å². The zero-order valence-corrected chi connectivity index (χ0v) is 10.6. The predicted molar refractivity (Wildman–Crippen MR) is 70.1 cm³/mol. The lowest BCUT2D eigenvalue weighted by Crippen LogP contribution is -2.51. The van der Waals surface area contributed by atoms with Crippen LogP contribution in [0.15, 0.2) is 18.2 Å². The molecule has 0 radical (unpaired) electrons. The summed E-state index contributed by atoms with van der Waals surface area (Å²) in [4.78, 5) is 14.0. The van der Waals surface area contributed by atoms with E-state index < -0.39 is 0 Å². The van der Waals surface area contributed by atoms with Crippen molar-refractivity contribution in [2.24, 2.45) is 0 Å². The van der Waals surface area contributed by atoms with Gasteiger partial charge in [-0.3, -0.25) is 4.79 Å². The van der Waals surface area contributed by atoms with Crippen molar-refractivity contribution < 1.29 is 4.79 Å². The third-order valence-electron chi connectivity index (χ3n) is 3.15. The van der Waals surface area contributed by atoms with Crippen LogP contribution in [0.1, 0.15) is 19.4 Å². The van der Waals surface area contributed by atoms with Crippen molar-refractivity contribution in [2.45, 2.75) is 25.8 Å². The Bertz CT molecular complexity index is 454. The lowest BCUT2D eigenvalue weighted by molar-refractivity contribution is -0.118. The van der Waals surface area contributed by atoms with Crippen LogP contribution in [0.2, 0.25) is 0 Å². The molecular formula is C13H19N3O. The summed E-state index contributed by atoms with van der Waals surface area (Å²) in [6.45, 7) is 4.88. The molecule has 2 rings (SSSR count). The number of fused-ring (bicyclic) bond motifs is 1. The van der Waals surface area contributed by atoms with Crippen LogP contribution in [0.5, 0.6) is 0 Å². The minimum Gasteiger partial charge on any atom is -0.399 e. The number of carbonyl (C=O) groups excluding carboxylic acids is 1. The van der Waals surface area contributed by atoms with Crippen molar-refractivity contribution >= 4 is 17.3 Å². The normalized spacial score (nSPS) is 15.2. The van der Waals surface area contributed by atoms with Crippen LogP contribution in [0.3, 0.4) is 0 Å². The van der Waals surface area contributed by atoms with E-state index >= 15 is 0 Å². The first kappa shape index (κ1) is 11.9. The summed E-state index contributed by atoms with van der Waals surface area (Å²) in [5.74, 6) is 0.144. The molecule has 3 N–H and O–H groups in total.